The van der Waals surface area contributed by atoms with Crippen molar-refractivity contribution in [3.05, 3.63) is 95.6 Å². The Morgan fingerprint density at radius 1 is 0.865 bits per heavy atom. The number of phenols is 1. The van der Waals surface area contributed by atoms with Gasteiger partial charge < -0.3 is 26.4 Å². The molecule has 4 aromatic carbocycles. The van der Waals surface area contributed by atoms with Gasteiger partial charge >= 0.3 is 11.9 Å². The van der Waals surface area contributed by atoms with E-state index in [-0.39, 0.29) is 28.4 Å². The first-order valence-corrected chi connectivity index (χ1v) is 11.4. The molecule has 0 fully saturated rings. The number of carbonyl (C=O) groups is 2. The van der Waals surface area contributed by atoms with Crippen LogP contribution in [0.25, 0.3) is 10.8 Å². The molecule has 0 saturated heterocycles. The topological polar surface area (TPSA) is 158 Å². The molecule has 0 spiro atoms. The SMILES string of the molecule is NC(=Nc1ccccc1)c1cc2ccccc2c(NCCC=Nc2cc(C(=O)O)cc(C(=O)O)c2)c1O. The summed E-state index contributed by atoms with van der Waals surface area (Å²) in [5.41, 5.74) is 7.71. The smallest absolute Gasteiger partial charge is 0.335 e. The standard InChI is InChI=1S/C28H24N4O5/c29-26(32-20-8-2-1-3-9-20)23-16-17-7-4-5-10-22(17)24(25(23)33)31-12-6-11-30-21-14-18(27(34)35)13-19(15-21)28(36)37/h1-5,7-11,13-16,31,33H,6,12H2,(H2,29,32)(H,34,35)(H,36,37). The molecule has 9 heteroatoms. The number of hydrogen-bond donors (Lipinski definition) is 5. The van der Waals surface area contributed by atoms with Crippen LogP contribution < -0.4 is 11.1 Å². The number of nitrogens with two attached hydrogens (primary N) is 1. The molecule has 0 aliphatic rings. The highest BCUT2D eigenvalue weighted by Gasteiger charge is 2.15. The average molecular weight is 497 g/mol. The summed E-state index contributed by atoms with van der Waals surface area (Å²) >= 11 is 0. The van der Waals surface area contributed by atoms with Crippen molar-refractivity contribution in [3.8, 4) is 5.75 Å². The first-order valence-electron chi connectivity index (χ1n) is 11.4. The van der Waals surface area contributed by atoms with E-state index in [4.69, 9.17) is 5.73 Å². The normalized spacial score (nSPS) is 11.6. The summed E-state index contributed by atoms with van der Waals surface area (Å²) in [5, 5.41) is 34.4. The largest absolute Gasteiger partial charge is 0.505 e. The number of nitrogens with one attached hydrogen (secondary N) is 1. The van der Waals surface area contributed by atoms with Gasteiger partial charge in [-0.2, -0.15) is 0 Å². The number of para-hydroxylation sites is 1. The molecule has 186 valence electrons. The number of anilines is 1. The van der Waals surface area contributed by atoms with Crippen LogP contribution in [0, 0.1) is 0 Å². The number of amidine groups is 1. The highest BCUT2D eigenvalue weighted by molar-refractivity contribution is 6.09. The van der Waals surface area contributed by atoms with Crippen molar-refractivity contribution in [2.24, 2.45) is 15.7 Å². The van der Waals surface area contributed by atoms with Crippen molar-refractivity contribution in [3.63, 3.8) is 0 Å². The molecule has 37 heavy (non-hydrogen) atoms. The molecule has 4 rings (SSSR count). The van der Waals surface area contributed by atoms with Gasteiger partial charge in [-0.1, -0.05) is 42.5 Å². The van der Waals surface area contributed by atoms with E-state index in [1.807, 2.05) is 54.6 Å². The Hall–Kier alpha value is -5.18. The molecule has 0 amide bonds. The summed E-state index contributed by atoms with van der Waals surface area (Å²) in [6, 6.07) is 22.2. The molecule has 0 heterocycles. The van der Waals surface area contributed by atoms with Crippen LogP contribution in [-0.4, -0.2) is 45.9 Å². The first-order chi connectivity index (χ1) is 17.8. The lowest BCUT2D eigenvalue weighted by molar-refractivity contribution is 0.0696. The van der Waals surface area contributed by atoms with E-state index in [2.05, 4.69) is 15.3 Å². The van der Waals surface area contributed by atoms with Crippen LogP contribution in [-0.2, 0) is 0 Å². The maximum absolute atomic E-state index is 11.3. The third kappa shape index (κ3) is 5.91. The van der Waals surface area contributed by atoms with Crippen LogP contribution in [0.1, 0.15) is 32.7 Å². The van der Waals surface area contributed by atoms with Crippen LogP contribution in [0.4, 0.5) is 17.1 Å². The Labute approximate surface area is 212 Å². The second-order valence-corrected chi connectivity index (χ2v) is 8.11. The van der Waals surface area contributed by atoms with Gasteiger partial charge in [0, 0.05) is 24.6 Å². The Morgan fingerprint density at radius 3 is 2.19 bits per heavy atom. The zero-order chi connectivity index (χ0) is 26.4. The number of carboxylic acids is 2. The van der Waals surface area contributed by atoms with E-state index in [0.717, 1.165) is 16.8 Å². The van der Waals surface area contributed by atoms with Gasteiger partial charge in [0.2, 0.25) is 0 Å². The second kappa shape index (κ2) is 11.0. The number of nitrogens with zero attached hydrogens (tertiary/aromatic N) is 2. The number of aliphatic imine (C=N–C) groups is 2. The molecule has 0 aliphatic carbocycles. The lowest BCUT2D eigenvalue weighted by atomic mass is 10.0. The van der Waals surface area contributed by atoms with E-state index in [9.17, 15) is 24.9 Å². The molecule has 0 radical (unpaired) electrons. The van der Waals surface area contributed by atoms with Gasteiger partial charge in [-0.25, -0.2) is 14.6 Å². The molecule has 0 unspecified atom stereocenters. The fourth-order valence-electron chi connectivity index (χ4n) is 3.78. The summed E-state index contributed by atoms with van der Waals surface area (Å²) in [6.07, 6.45) is 1.96. The number of fused-ring (bicyclic) bond motifs is 1. The van der Waals surface area contributed by atoms with E-state index < -0.39 is 11.9 Å². The number of hydrogen-bond acceptors (Lipinski definition) is 6. The van der Waals surface area contributed by atoms with Crippen molar-refractivity contribution in [1.29, 1.82) is 0 Å². The summed E-state index contributed by atoms with van der Waals surface area (Å²) in [7, 11) is 0. The number of benzene rings is 4. The Morgan fingerprint density at radius 2 is 1.51 bits per heavy atom. The molecule has 0 bridgehead atoms. The van der Waals surface area contributed by atoms with Crippen LogP contribution in [0.15, 0.2) is 88.8 Å². The molecule has 0 saturated carbocycles. The van der Waals surface area contributed by atoms with Crippen LogP contribution >= 0.6 is 0 Å². The molecule has 4 aromatic rings. The molecule has 9 nitrogen and oxygen atoms in total. The predicted molar refractivity (Wildman–Crippen MR) is 144 cm³/mol. The monoisotopic (exact) mass is 496 g/mol. The minimum absolute atomic E-state index is 0.0342. The minimum Gasteiger partial charge on any atom is -0.505 e. The van der Waals surface area contributed by atoms with Gasteiger partial charge in [0.25, 0.3) is 0 Å². The number of carboxylic acid groups (broad SMARTS) is 2. The van der Waals surface area contributed by atoms with Crippen molar-refractivity contribution in [1.82, 2.24) is 0 Å². The Kier molecular flexibility index (Phi) is 7.44. The average Bonchev–Trinajstić information content (AvgIpc) is 2.89. The third-order valence-corrected chi connectivity index (χ3v) is 5.53. The summed E-state index contributed by atoms with van der Waals surface area (Å²) in [5.74, 6) is -2.34. The van der Waals surface area contributed by atoms with Gasteiger partial charge in [0.05, 0.1) is 33.8 Å². The van der Waals surface area contributed by atoms with Crippen LogP contribution in [0.3, 0.4) is 0 Å². The van der Waals surface area contributed by atoms with E-state index >= 15 is 0 Å². The molecule has 0 aromatic heterocycles. The van der Waals surface area contributed by atoms with Crippen molar-refractivity contribution < 1.29 is 24.9 Å². The zero-order valence-corrected chi connectivity index (χ0v) is 19.6. The Balaban J connectivity index is 1.56. The van der Waals surface area contributed by atoms with E-state index in [1.165, 1.54) is 12.1 Å². The molecule has 0 atom stereocenters. The number of aromatic carboxylic acids is 2. The maximum Gasteiger partial charge on any atom is 0.335 e. The van der Waals surface area contributed by atoms with E-state index in [1.54, 1.807) is 12.3 Å². The Bertz CT molecular complexity index is 1500. The first kappa shape index (κ1) is 24.9. The number of rotatable bonds is 9. The van der Waals surface area contributed by atoms with Gasteiger partial charge in [0.15, 0.2) is 0 Å². The van der Waals surface area contributed by atoms with Gasteiger partial charge in [-0.05, 0) is 41.8 Å². The second-order valence-electron chi connectivity index (χ2n) is 8.11. The number of aromatic hydroxyl groups is 1. The van der Waals surface area contributed by atoms with Crippen LogP contribution in [0.2, 0.25) is 0 Å². The fourth-order valence-corrected chi connectivity index (χ4v) is 3.78. The fraction of sp³-hybridized carbons (Fsp3) is 0.0714. The summed E-state index contributed by atoms with van der Waals surface area (Å²) in [6.45, 7) is 0.380. The van der Waals surface area contributed by atoms with Crippen molar-refractivity contribution in [2.45, 2.75) is 6.42 Å². The maximum atomic E-state index is 11.3. The quantitative estimate of drug-likeness (QED) is 0.0924. The molecular formula is C28H24N4O5. The molecular weight excluding hydrogens is 472 g/mol. The van der Waals surface area contributed by atoms with Gasteiger partial charge in [-0.15, -0.1) is 0 Å². The van der Waals surface area contributed by atoms with Crippen molar-refractivity contribution in [2.75, 3.05) is 11.9 Å². The highest BCUT2D eigenvalue weighted by Crippen LogP contribution is 2.36. The zero-order valence-electron chi connectivity index (χ0n) is 19.6. The van der Waals surface area contributed by atoms with E-state index in [0.29, 0.717) is 29.9 Å². The van der Waals surface area contributed by atoms with Crippen molar-refractivity contribution >= 4 is 51.8 Å². The lowest BCUT2D eigenvalue weighted by Gasteiger charge is -2.15. The lowest BCUT2D eigenvalue weighted by Crippen LogP contribution is -2.14. The predicted octanol–water partition coefficient (Wildman–Crippen LogP) is 5.18. The van der Waals surface area contributed by atoms with Gasteiger partial charge in [-0.3, -0.25) is 4.99 Å². The number of phenolic OH excluding ortho intramolecular Hbond substituents is 1. The molecule has 6 N–H and O–H groups in total. The van der Waals surface area contributed by atoms with Crippen LogP contribution in [0.5, 0.6) is 5.75 Å². The minimum atomic E-state index is -1.24. The summed E-state index contributed by atoms with van der Waals surface area (Å²) < 4.78 is 0. The third-order valence-electron chi connectivity index (χ3n) is 5.53. The van der Waals surface area contributed by atoms with Gasteiger partial charge in [0.1, 0.15) is 11.6 Å². The molecule has 0 aliphatic heterocycles. The summed E-state index contributed by atoms with van der Waals surface area (Å²) in [4.78, 5) is 31.2. The highest BCUT2D eigenvalue weighted by atomic mass is 16.4.